The van der Waals surface area contributed by atoms with Crippen LogP contribution in [0.2, 0.25) is 0 Å². The van der Waals surface area contributed by atoms with Crippen LogP contribution in [0.5, 0.6) is 0 Å². The summed E-state index contributed by atoms with van der Waals surface area (Å²) in [4.78, 5) is 13.3. The van der Waals surface area contributed by atoms with Crippen LogP contribution in [0, 0.1) is 0 Å². The molecule has 19 heavy (non-hydrogen) atoms. The third kappa shape index (κ3) is 6.32. The lowest BCUT2D eigenvalue weighted by atomic mass is 10.3. The van der Waals surface area contributed by atoms with Crippen LogP contribution in [0.1, 0.15) is 12.8 Å². The first-order valence-electron chi connectivity index (χ1n) is 6.00. The van der Waals surface area contributed by atoms with Crippen LogP contribution in [0.25, 0.3) is 0 Å². The maximum atomic E-state index is 10.8. The summed E-state index contributed by atoms with van der Waals surface area (Å²) in [6, 6.07) is 5.62. The number of nitrogens with two attached hydrogens (primary N) is 2. The normalized spacial score (nSPS) is 16.3. The number of amides is 2. The highest BCUT2D eigenvalue weighted by Crippen LogP contribution is 2.10. The molecule has 0 radical (unpaired) electrons. The van der Waals surface area contributed by atoms with E-state index in [1.54, 1.807) is 24.3 Å². The Hall–Kier alpha value is -1.44. The van der Waals surface area contributed by atoms with Gasteiger partial charge in [-0.3, -0.25) is 0 Å². The van der Waals surface area contributed by atoms with E-state index >= 15 is 0 Å². The topological polar surface area (TPSA) is 101 Å². The Balaban J connectivity index is 0.000000250. The SMILES string of the molecule is CN1CCCC1.NC(=O)Nc1ccc(S(N)=O)cc1. The standard InChI is InChI=1S/C7H9N3O2S.C5H11N/c8-7(11)10-5-1-3-6(4-2-5)13(9)12;1-6-4-2-3-5-6/h1-4H,9H2,(H3,8,10,11);2-5H2,1H3. The number of nitrogens with one attached hydrogen (secondary N) is 1. The fraction of sp³-hybridized carbons (Fsp3) is 0.417. The first kappa shape index (κ1) is 15.6. The Morgan fingerprint density at radius 2 is 1.79 bits per heavy atom. The van der Waals surface area contributed by atoms with Crippen molar-refractivity contribution in [2.75, 3.05) is 25.5 Å². The molecular formula is C12H20N4O2S. The maximum absolute atomic E-state index is 10.8. The van der Waals surface area contributed by atoms with E-state index in [0.717, 1.165) is 0 Å². The first-order valence-corrected chi connectivity index (χ1v) is 7.21. The van der Waals surface area contributed by atoms with Crippen molar-refractivity contribution in [3.63, 3.8) is 0 Å². The Morgan fingerprint density at radius 1 is 1.26 bits per heavy atom. The van der Waals surface area contributed by atoms with Gasteiger partial charge in [-0.1, -0.05) is 0 Å². The third-order valence-electron chi connectivity index (χ3n) is 2.68. The van der Waals surface area contributed by atoms with Crippen molar-refractivity contribution < 1.29 is 9.00 Å². The molecule has 0 saturated carbocycles. The van der Waals surface area contributed by atoms with Crippen molar-refractivity contribution in [2.24, 2.45) is 10.9 Å². The van der Waals surface area contributed by atoms with E-state index in [0.29, 0.717) is 10.6 Å². The molecule has 106 valence electrons. The summed E-state index contributed by atoms with van der Waals surface area (Å²) in [7, 11) is 0.680. The van der Waals surface area contributed by atoms with Crippen LogP contribution in [-0.4, -0.2) is 35.3 Å². The van der Waals surface area contributed by atoms with Gasteiger partial charge in [0.15, 0.2) is 0 Å². The lowest BCUT2D eigenvalue weighted by molar-refractivity contribution is 0.259. The molecule has 1 aromatic carbocycles. The molecule has 6 nitrogen and oxygen atoms in total. The summed E-state index contributed by atoms with van der Waals surface area (Å²) in [5, 5.41) is 7.50. The Labute approximate surface area is 115 Å². The van der Waals surface area contributed by atoms with Crippen LogP contribution < -0.4 is 16.2 Å². The molecule has 0 aliphatic carbocycles. The van der Waals surface area contributed by atoms with Crippen LogP contribution in [0.15, 0.2) is 29.2 Å². The molecule has 0 aromatic heterocycles. The Kier molecular flexibility index (Phi) is 6.48. The van der Waals surface area contributed by atoms with Crippen molar-refractivity contribution in [3.8, 4) is 0 Å². The van der Waals surface area contributed by atoms with E-state index in [1.165, 1.54) is 25.9 Å². The lowest BCUT2D eigenvalue weighted by Gasteiger charge is -2.01. The molecule has 1 aromatic rings. The summed E-state index contributed by atoms with van der Waals surface area (Å²) < 4.78 is 10.8. The zero-order valence-corrected chi connectivity index (χ0v) is 11.8. The summed E-state index contributed by atoms with van der Waals surface area (Å²) >= 11 is 0. The zero-order valence-electron chi connectivity index (χ0n) is 11.0. The number of primary amides is 1. The van der Waals surface area contributed by atoms with Gasteiger partial charge in [-0.05, 0) is 57.2 Å². The van der Waals surface area contributed by atoms with E-state index in [4.69, 9.17) is 10.9 Å². The second kappa shape index (κ2) is 7.88. The van der Waals surface area contributed by atoms with Crippen molar-refractivity contribution in [3.05, 3.63) is 24.3 Å². The summed E-state index contributed by atoms with van der Waals surface area (Å²) in [6.07, 6.45) is 2.83. The van der Waals surface area contributed by atoms with Gasteiger partial charge in [0.1, 0.15) is 11.0 Å². The molecule has 7 heteroatoms. The minimum atomic E-state index is -1.49. The Morgan fingerprint density at radius 3 is 2.11 bits per heavy atom. The number of carbonyl (C=O) groups is 1. The zero-order chi connectivity index (χ0) is 14.3. The highest BCUT2D eigenvalue weighted by molar-refractivity contribution is 7.82. The number of benzene rings is 1. The molecule has 1 aliphatic rings. The monoisotopic (exact) mass is 284 g/mol. The quantitative estimate of drug-likeness (QED) is 0.751. The van der Waals surface area contributed by atoms with Crippen LogP contribution in [-0.2, 0) is 11.0 Å². The van der Waals surface area contributed by atoms with Gasteiger partial charge in [-0.2, -0.15) is 0 Å². The van der Waals surface area contributed by atoms with Gasteiger partial charge < -0.3 is 16.0 Å². The van der Waals surface area contributed by atoms with Crippen molar-refractivity contribution in [1.82, 2.24) is 4.90 Å². The van der Waals surface area contributed by atoms with Crippen molar-refractivity contribution in [2.45, 2.75) is 17.7 Å². The number of hydrogen-bond acceptors (Lipinski definition) is 3. The van der Waals surface area contributed by atoms with Gasteiger partial charge in [0.05, 0.1) is 4.90 Å². The first-order chi connectivity index (χ1) is 8.99. The Bertz CT molecular complexity index is 430. The van der Waals surface area contributed by atoms with E-state index in [9.17, 15) is 9.00 Å². The predicted molar refractivity (Wildman–Crippen MR) is 77.0 cm³/mol. The molecule has 1 heterocycles. The largest absolute Gasteiger partial charge is 0.351 e. The molecule has 1 atom stereocenters. The average Bonchev–Trinajstić information content (AvgIpc) is 2.81. The van der Waals surface area contributed by atoms with Crippen molar-refractivity contribution >= 4 is 22.7 Å². The van der Waals surface area contributed by atoms with Gasteiger partial charge in [0.2, 0.25) is 0 Å². The number of anilines is 1. The van der Waals surface area contributed by atoms with Gasteiger partial charge >= 0.3 is 6.03 Å². The molecule has 2 rings (SSSR count). The van der Waals surface area contributed by atoms with Crippen LogP contribution in [0.3, 0.4) is 0 Å². The summed E-state index contributed by atoms with van der Waals surface area (Å²) in [6.45, 7) is 2.64. The minimum absolute atomic E-state index is 0.495. The molecule has 1 unspecified atom stereocenters. The third-order valence-corrected chi connectivity index (χ3v) is 3.42. The number of urea groups is 1. The van der Waals surface area contributed by atoms with E-state index in [-0.39, 0.29) is 0 Å². The number of likely N-dealkylation sites (tertiary alicyclic amines) is 1. The van der Waals surface area contributed by atoms with Gasteiger partial charge in [-0.15, -0.1) is 0 Å². The smallest absolute Gasteiger partial charge is 0.316 e. The van der Waals surface area contributed by atoms with E-state index < -0.39 is 17.0 Å². The molecule has 1 saturated heterocycles. The van der Waals surface area contributed by atoms with Gasteiger partial charge in [-0.25, -0.2) is 14.1 Å². The molecule has 5 N–H and O–H groups in total. The number of hydrogen-bond donors (Lipinski definition) is 3. The van der Waals surface area contributed by atoms with E-state index in [2.05, 4.69) is 17.3 Å². The maximum Gasteiger partial charge on any atom is 0.316 e. The van der Waals surface area contributed by atoms with E-state index in [1.807, 2.05) is 0 Å². The molecule has 1 fully saturated rings. The number of nitrogens with zero attached hydrogens (tertiary/aromatic N) is 1. The van der Waals surface area contributed by atoms with Crippen molar-refractivity contribution in [1.29, 1.82) is 0 Å². The molecule has 2 amide bonds. The average molecular weight is 284 g/mol. The minimum Gasteiger partial charge on any atom is -0.351 e. The molecule has 0 bridgehead atoms. The predicted octanol–water partition coefficient (Wildman–Crippen LogP) is 0.871. The fourth-order valence-electron chi connectivity index (χ4n) is 1.69. The summed E-state index contributed by atoms with van der Waals surface area (Å²) in [5.74, 6) is 0. The second-order valence-corrected chi connectivity index (χ2v) is 5.39. The number of rotatable bonds is 2. The second-order valence-electron chi connectivity index (χ2n) is 4.32. The van der Waals surface area contributed by atoms with Crippen LogP contribution in [0.4, 0.5) is 10.5 Å². The number of carbonyl (C=O) groups excluding carboxylic acids is 1. The highest BCUT2D eigenvalue weighted by atomic mass is 32.2. The van der Waals surface area contributed by atoms with Gasteiger partial charge in [0, 0.05) is 5.69 Å². The van der Waals surface area contributed by atoms with Crippen LogP contribution >= 0.6 is 0 Å². The van der Waals surface area contributed by atoms with Gasteiger partial charge in [0.25, 0.3) is 0 Å². The molecule has 1 aliphatic heterocycles. The fourth-order valence-corrected chi connectivity index (χ4v) is 2.09. The molecule has 0 spiro atoms. The summed E-state index contributed by atoms with van der Waals surface area (Å²) in [5.41, 5.74) is 5.43. The lowest BCUT2D eigenvalue weighted by Crippen LogP contribution is -2.19. The molecular weight excluding hydrogens is 264 g/mol. The highest BCUT2D eigenvalue weighted by Gasteiger charge is 2.03.